The highest BCUT2D eigenvalue weighted by Gasteiger charge is 2.39. The number of rotatable bonds is 6. The highest BCUT2D eigenvalue weighted by atomic mass is 16.5. The predicted molar refractivity (Wildman–Crippen MR) is 114 cm³/mol. The molecule has 1 aliphatic carbocycles. The molecule has 1 heterocycles. The number of hydrogen-bond acceptors (Lipinski definition) is 6. The second-order valence-corrected chi connectivity index (χ2v) is 7.74. The molecule has 0 aromatic heterocycles. The summed E-state index contributed by atoms with van der Waals surface area (Å²) in [7, 11) is 8.20. The highest BCUT2D eigenvalue weighted by molar-refractivity contribution is 5.58. The van der Waals surface area contributed by atoms with Gasteiger partial charge in [0.05, 0.1) is 41.7 Å². The molecule has 1 aliphatic heterocycles. The van der Waals surface area contributed by atoms with E-state index < -0.39 is 0 Å². The molecule has 0 saturated heterocycles. The molecule has 30 heavy (non-hydrogen) atoms. The van der Waals surface area contributed by atoms with E-state index in [1.54, 1.807) is 35.5 Å². The number of methoxy groups -OCH3 is 5. The van der Waals surface area contributed by atoms with Gasteiger partial charge in [0.15, 0.2) is 23.0 Å². The SMILES string of the molecule is COc1cc2c(cc1OC)[C@H]1CCCC[C@@H]1O[C@H]2c1cc(OC)c(OC)c(OC)c1. The Balaban J connectivity index is 1.89. The summed E-state index contributed by atoms with van der Waals surface area (Å²) in [6.07, 6.45) is 4.49. The molecule has 1 fully saturated rings. The number of fused-ring (bicyclic) bond motifs is 3. The van der Waals surface area contributed by atoms with Gasteiger partial charge in [0, 0.05) is 5.92 Å². The molecule has 0 amide bonds. The zero-order valence-electron chi connectivity index (χ0n) is 18.3. The first-order valence-corrected chi connectivity index (χ1v) is 10.4. The van der Waals surface area contributed by atoms with Gasteiger partial charge in [-0.05, 0) is 53.8 Å². The first kappa shape index (κ1) is 20.7. The minimum atomic E-state index is -0.257. The molecule has 6 heteroatoms. The molecule has 0 unspecified atom stereocenters. The van der Waals surface area contributed by atoms with Crippen LogP contribution in [0.3, 0.4) is 0 Å². The number of ether oxygens (including phenoxy) is 6. The maximum Gasteiger partial charge on any atom is 0.203 e. The summed E-state index contributed by atoms with van der Waals surface area (Å²) in [5, 5.41) is 0. The molecule has 0 bridgehead atoms. The first-order chi connectivity index (χ1) is 14.6. The van der Waals surface area contributed by atoms with Crippen LogP contribution in [0.4, 0.5) is 0 Å². The molecule has 2 aliphatic rings. The molecule has 0 spiro atoms. The van der Waals surface area contributed by atoms with Crippen molar-refractivity contribution in [3.05, 3.63) is 41.0 Å². The van der Waals surface area contributed by atoms with E-state index in [4.69, 9.17) is 28.4 Å². The Hall–Kier alpha value is -2.60. The quantitative estimate of drug-likeness (QED) is 0.672. The van der Waals surface area contributed by atoms with Crippen LogP contribution in [-0.2, 0) is 4.74 Å². The topological polar surface area (TPSA) is 55.4 Å². The third kappa shape index (κ3) is 3.43. The molecule has 0 radical (unpaired) electrons. The monoisotopic (exact) mass is 414 g/mol. The van der Waals surface area contributed by atoms with E-state index in [2.05, 4.69) is 6.07 Å². The summed E-state index contributed by atoms with van der Waals surface area (Å²) in [4.78, 5) is 0. The fourth-order valence-electron chi connectivity index (χ4n) is 4.83. The summed E-state index contributed by atoms with van der Waals surface area (Å²) in [6, 6.07) is 8.11. The Morgan fingerprint density at radius 1 is 0.667 bits per heavy atom. The van der Waals surface area contributed by atoms with Crippen molar-refractivity contribution in [1.82, 2.24) is 0 Å². The molecule has 2 aromatic rings. The first-order valence-electron chi connectivity index (χ1n) is 10.4. The largest absolute Gasteiger partial charge is 0.493 e. The van der Waals surface area contributed by atoms with Crippen LogP contribution in [0.25, 0.3) is 0 Å². The lowest BCUT2D eigenvalue weighted by molar-refractivity contribution is -0.0392. The van der Waals surface area contributed by atoms with Gasteiger partial charge in [0.25, 0.3) is 0 Å². The van der Waals surface area contributed by atoms with Crippen molar-refractivity contribution >= 4 is 0 Å². The average Bonchev–Trinajstić information content (AvgIpc) is 2.81. The lowest BCUT2D eigenvalue weighted by Gasteiger charge is -2.41. The van der Waals surface area contributed by atoms with E-state index in [0.717, 1.165) is 29.7 Å². The predicted octanol–water partition coefficient (Wildman–Crippen LogP) is 4.88. The van der Waals surface area contributed by atoms with Crippen LogP contribution in [0.5, 0.6) is 28.7 Å². The van der Waals surface area contributed by atoms with E-state index >= 15 is 0 Å². The molecular weight excluding hydrogens is 384 g/mol. The van der Waals surface area contributed by atoms with Crippen molar-refractivity contribution in [3.63, 3.8) is 0 Å². The normalized spacial score (nSPS) is 22.5. The van der Waals surface area contributed by atoms with Gasteiger partial charge in [-0.15, -0.1) is 0 Å². The molecule has 6 nitrogen and oxygen atoms in total. The zero-order valence-corrected chi connectivity index (χ0v) is 18.3. The van der Waals surface area contributed by atoms with Gasteiger partial charge in [-0.1, -0.05) is 12.8 Å². The molecule has 1 saturated carbocycles. The van der Waals surface area contributed by atoms with Gasteiger partial charge < -0.3 is 28.4 Å². The standard InChI is InChI=1S/C24H30O6/c1-25-19-12-16-15-8-6-7-9-18(15)30-23(17(16)13-20(19)26-2)14-10-21(27-3)24(29-5)22(11-14)28-4/h10-13,15,18,23H,6-9H2,1-5H3/t15-,18+,23+/m1/s1. The Morgan fingerprint density at radius 2 is 1.23 bits per heavy atom. The van der Waals surface area contributed by atoms with Crippen LogP contribution in [0.2, 0.25) is 0 Å². The average molecular weight is 414 g/mol. The fraction of sp³-hybridized carbons (Fsp3) is 0.500. The fourth-order valence-corrected chi connectivity index (χ4v) is 4.83. The summed E-state index contributed by atoms with van der Waals surface area (Å²) in [6.45, 7) is 0. The Labute approximate surface area is 178 Å². The van der Waals surface area contributed by atoms with E-state index in [1.165, 1.54) is 18.4 Å². The van der Waals surface area contributed by atoms with Crippen molar-refractivity contribution in [2.45, 2.75) is 43.8 Å². The van der Waals surface area contributed by atoms with Crippen LogP contribution in [-0.4, -0.2) is 41.7 Å². The van der Waals surface area contributed by atoms with Gasteiger partial charge in [-0.25, -0.2) is 0 Å². The molecule has 3 atom stereocenters. The summed E-state index contributed by atoms with van der Waals surface area (Å²) in [5.74, 6) is 3.62. The molecule has 162 valence electrons. The van der Waals surface area contributed by atoms with Crippen molar-refractivity contribution in [1.29, 1.82) is 0 Å². The second-order valence-electron chi connectivity index (χ2n) is 7.74. The summed E-state index contributed by atoms with van der Waals surface area (Å²) in [5.41, 5.74) is 3.34. The zero-order chi connectivity index (χ0) is 21.3. The van der Waals surface area contributed by atoms with E-state index in [1.807, 2.05) is 18.2 Å². The summed E-state index contributed by atoms with van der Waals surface area (Å²) >= 11 is 0. The second kappa shape index (κ2) is 8.64. The van der Waals surface area contributed by atoms with E-state index in [-0.39, 0.29) is 12.2 Å². The Morgan fingerprint density at radius 3 is 1.80 bits per heavy atom. The molecular formula is C24H30O6. The molecule has 2 aromatic carbocycles. The number of benzene rings is 2. The molecule has 0 N–H and O–H groups in total. The van der Waals surface area contributed by atoms with Gasteiger partial charge in [-0.3, -0.25) is 0 Å². The van der Waals surface area contributed by atoms with Crippen LogP contribution >= 0.6 is 0 Å². The maximum atomic E-state index is 6.70. The molecule has 4 rings (SSSR count). The van der Waals surface area contributed by atoms with Crippen LogP contribution < -0.4 is 23.7 Å². The Kier molecular flexibility index (Phi) is 5.95. The van der Waals surface area contributed by atoms with Gasteiger partial charge in [0.2, 0.25) is 5.75 Å². The summed E-state index contributed by atoms with van der Waals surface area (Å²) < 4.78 is 34.6. The van der Waals surface area contributed by atoms with Crippen LogP contribution in [0, 0.1) is 0 Å². The van der Waals surface area contributed by atoms with Crippen LogP contribution in [0.1, 0.15) is 54.4 Å². The van der Waals surface area contributed by atoms with Crippen molar-refractivity contribution in [3.8, 4) is 28.7 Å². The maximum absolute atomic E-state index is 6.70. The lowest BCUT2D eigenvalue weighted by Crippen LogP contribution is -2.33. The lowest BCUT2D eigenvalue weighted by atomic mass is 9.76. The van der Waals surface area contributed by atoms with Crippen molar-refractivity contribution < 1.29 is 28.4 Å². The highest BCUT2D eigenvalue weighted by Crippen LogP contribution is 2.51. The van der Waals surface area contributed by atoms with Crippen LogP contribution in [0.15, 0.2) is 24.3 Å². The third-order valence-corrected chi connectivity index (χ3v) is 6.27. The van der Waals surface area contributed by atoms with Crippen molar-refractivity contribution in [2.24, 2.45) is 0 Å². The van der Waals surface area contributed by atoms with E-state index in [9.17, 15) is 0 Å². The van der Waals surface area contributed by atoms with E-state index in [0.29, 0.717) is 28.9 Å². The Bertz CT molecular complexity index is 884. The van der Waals surface area contributed by atoms with Gasteiger partial charge >= 0.3 is 0 Å². The van der Waals surface area contributed by atoms with Gasteiger partial charge in [0.1, 0.15) is 6.10 Å². The minimum absolute atomic E-state index is 0.174. The smallest absolute Gasteiger partial charge is 0.203 e. The third-order valence-electron chi connectivity index (χ3n) is 6.27. The minimum Gasteiger partial charge on any atom is -0.493 e. The van der Waals surface area contributed by atoms with Gasteiger partial charge in [-0.2, -0.15) is 0 Å². The number of hydrogen-bond donors (Lipinski definition) is 0. The van der Waals surface area contributed by atoms with Crippen molar-refractivity contribution in [2.75, 3.05) is 35.5 Å².